The summed E-state index contributed by atoms with van der Waals surface area (Å²) in [6.45, 7) is 1.68. The Hall–Kier alpha value is -3.31. The Morgan fingerprint density at radius 1 is 0.871 bits per heavy atom. The Morgan fingerprint density at radius 3 is 2.00 bits per heavy atom. The van der Waals surface area contributed by atoms with Crippen molar-refractivity contribution < 1.29 is 19.1 Å². The molecule has 1 saturated heterocycles. The Labute approximate surface area is 178 Å². The number of benzene rings is 3. The first kappa shape index (κ1) is 18.5. The van der Waals surface area contributed by atoms with E-state index in [-0.39, 0.29) is 11.6 Å². The van der Waals surface area contributed by atoms with Crippen molar-refractivity contribution >= 4 is 17.5 Å². The maximum atomic E-state index is 14.7. The lowest BCUT2D eigenvalue weighted by Gasteiger charge is -2.55. The highest BCUT2D eigenvalue weighted by Gasteiger charge is 2.69. The number of aliphatic hydroxyl groups excluding tert-OH is 1. The summed E-state index contributed by atoms with van der Waals surface area (Å²) in [5, 5.41) is 11.3. The summed E-state index contributed by atoms with van der Waals surface area (Å²) in [7, 11) is 0. The number of halogens is 1. The quantitative estimate of drug-likeness (QED) is 0.651. The van der Waals surface area contributed by atoms with E-state index in [1.165, 1.54) is 18.2 Å². The minimum absolute atomic E-state index is 0.0276. The first-order valence-corrected chi connectivity index (χ1v) is 10.5. The predicted octanol–water partition coefficient (Wildman–Crippen LogP) is 3.76. The third-order valence-electron chi connectivity index (χ3n) is 7.44. The van der Waals surface area contributed by atoms with Crippen LogP contribution in [0.4, 0.5) is 10.1 Å². The van der Waals surface area contributed by atoms with Crippen LogP contribution in [-0.4, -0.2) is 23.0 Å². The maximum Gasteiger partial charge on any atom is 0.239 e. The molecule has 0 radical (unpaired) electrons. The van der Waals surface area contributed by atoms with Gasteiger partial charge in [0.15, 0.2) is 0 Å². The van der Waals surface area contributed by atoms with Crippen LogP contribution in [0.2, 0.25) is 0 Å². The van der Waals surface area contributed by atoms with Gasteiger partial charge in [-0.3, -0.25) is 9.59 Å². The van der Waals surface area contributed by atoms with Gasteiger partial charge >= 0.3 is 0 Å². The van der Waals surface area contributed by atoms with Gasteiger partial charge in [0.1, 0.15) is 5.82 Å². The van der Waals surface area contributed by atoms with Crippen molar-refractivity contribution in [3.05, 3.63) is 101 Å². The van der Waals surface area contributed by atoms with Gasteiger partial charge in [-0.1, -0.05) is 60.7 Å². The number of hydrogen-bond acceptors (Lipinski definition) is 3. The Bertz CT molecular complexity index is 1220. The van der Waals surface area contributed by atoms with Crippen LogP contribution in [0.1, 0.15) is 35.1 Å². The van der Waals surface area contributed by atoms with E-state index in [4.69, 9.17) is 0 Å². The summed E-state index contributed by atoms with van der Waals surface area (Å²) in [6.07, 6.45) is -0.930. The standard InChI is InChI=1S/C26H20FNO3/c1-14(29)26-17-10-4-2-8-15(17)21(16-9-3-5-11-18(16)26)22-23(26)25(31)28(24(22)30)20-13-7-6-12-19(20)27/h2-14,21-23,29H,1H3/t14-,21?,22+,23-,26?/m0/s1. The molecule has 0 spiro atoms. The molecule has 1 N–H and O–H groups in total. The molecule has 2 bridgehead atoms. The van der Waals surface area contributed by atoms with Crippen LogP contribution < -0.4 is 4.90 Å². The van der Waals surface area contributed by atoms with Crippen LogP contribution in [0.5, 0.6) is 0 Å². The first-order valence-electron chi connectivity index (χ1n) is 10.5. The number of rotatable bonds is 2. The Kier molecular flexibility index (Phi) is 3.64. The fourth-order valence-electron chi connectivity index (χ4n) is 6.41. The van der Waals surface area contributed by atoms with Gasteiger partial charge in [-0.25, -0.2) is 9.29 Å². The molecule has 154 valence electrons. The highest BCUT2D eigenvalue weighted by atomic mass is 19.1. The molecular weight excluding hydrogens is 393 g/mol. The molecule has 0 aromatic heterocycles. The maximum absolute atomic E-state index is 14.7. The van der Waals surface area contributed by atoms with Gasteiger partial charge in [0.2, 0.25) is 11.8 Å². The zero-order chi connectivity index (χ0) is 21.5. The topological polar surface area (TPSA) is 57.6 Å². The SMILES string of the molecule is C[C@H](O)C12c3ccccc3C(c3ccccc31)[C@H]1C(=O)N(c3ccccc3F)C(=O)[C@H]12. The van der Waals surface area contributed by atoms with Gasteiger partial charge in [0.05, 0.1) is 29.0 Å². The van der Waals surface area contributed by atoms with Crippen LogP contribution >= 0.6 is 0 Å². The monoisotopic (exact) mass is 413 g/mol. The molecule has 4 aliphatic rings. The normalized spacial score (nSPS) is 28.9. The molecule has 3 aliphatic carbocycles. The van der Waals surface area contributed by atoms with Gasteiger partial charge < -0.3 is 5.11 Å². The van der Waals surface area contributed by atoms with Gasteiger partial charge in [-0.15, -0.1) is 0 Å². The summed E-state index contributed by atoms with van der Waals surface area (Å²) in [5.41, 5.74) is 2.58. The lowest BCUT2D eigenvalue weighted by molar-refractivity contribution is -0.126. The van der Waals surface area contributed by atoms with Crippen molar-refractivity contribution in [2.24, 2.45) is 11.8 Å². The number of para-hydroxylation sites is 1. The second kappa shape index (κ2) is 6.11. The Balaban J connectivity index is 1.68. The lowest BCUT2D eigenvalue weighted by atomic mass is 9.46. The second-order valence-electron chi connectivity index (χ2n) is 8.66. The summed E-state index contributed by atoms with van der Waals surface area (Å²) in [4.78, 5) is 28.6. The molecule has 1 fully saturated rings. The van der Waals surface area contributed by atoms with Crippen molar-refractivity contribution in [3.63, 3.8) is 0 Å². The molecule has 2 amide bonds. The number of carbonyl (C=O) groups is 2. The summed E-state index contributed by atoms with van der Waals surface area (Å²) in [6, 6.07) is 21.3. The second-order valence-corrected chi connectivity index (χ2v) is 8.66. The number of nitrogens with zero attached hydrogens (tertiary/aromatic N) is 1. The zero-order valence-electron chi connectivity index (χ0n) is 16.8. The van der Waals surface area contributed by atoms with Crippen molar-refractivity contribution in [2.45, 2.75) is 24.4 Å². The van der Waals surface area contributed by atoms with Crippen molar-refractivity contribution in [1.82, 2.24) is 0 Å². The molecule has 1 heterocycles. The van der Waals surface area contributed by atoms with Crippen LogP contribution in [0.15, 0.2) is 72.8 Å². The van der Waals surface area contributed by atoms with E-state index in [9.17, 15) is 19.1 Å². The molecule has 0 saturated carbocycles. The van der Waals surface area contributed by atoms with Crippen molar-refractivity contribution in [1.29, 1.82) is 0 Å². The summed E-state index contributed by atoms with van der Waals surface area (Å²) < 4.78 is 14.7. The number of carbonyl (C=O) groups excluding carboxylic acids is 2. The average molecular weight is 413 g/mol. The Morgan fingerprint density at radius 2 is 1.42 bits per heavy atom. The third-order valence-corrected chi connectivity index (χ3v) is 7.44. The van der Waals surface area contributed by atoms with Gasteiger partial charge in [0.25, 0.3) is 0 Å². The number of hydrogen-bond donors (Lipinski definition) is 1. The third kappa shape index (κ3) is 2.02. The smallest absolute Gasteiger partial charge is 0.239 e. The zero-order valence-corrected chi connectivity index (χ0v) is 16.8. The van der Waals surface area contributed by atoms with Crippen LogP contribution in [0.3, 0.4) is 0 Å². The molecule has 7 rings (SSSR count). The van der Waals surface area contributed by atoms with E-state index >= 15 is 0 Å². The largest absolute Gasteiger partial charge is 0.392 e. The van der Waals surface area contributed by atoms with E-state index in [1.54, 1.807) is 13.0 Å². The van der Waals surface area contributed by atoms with E-state index in [1.807, 2.05) is 48.5 Å². The van der Waals surface area contributed by atoms with E-state index in [0.29, 0.717) is 0 Å². The first-order chi connectivity index (χ1) is 15.0. The molecule has 5 heteroatoms. The van der Waals surface area contributed by atoms with E-state index in [0.717, 1.165) is 27.2 Å². The minimum atomic E-state index is -1.07. The van der Waals surface area contributed by atoms with E-state index in [2.05, 4.69) is 0 Å². The van der Waals surface area contributed by atoms with Crippen molar-refractivity contribution in [2.75, 3.05) is 4.90 Å². The summed E-state index contributed by atoms with van der Waals surface area (Å²) in [5.74, 6) is -3.27. The number of imide groups is 1. The highest BCUT2D eigenvalue weighted by molar-refractivity contribution is 6.23. The van der Waals surface area contributed by atoms with Crippen LogP contribution in [0.25, 0.3) is 0 Å². The number of aliphatic hydroxyl groups is 1. The van der Waals surface area contributed by atoms with Gasteiger partial charge in [0, 0.05) is 5.92 Å². The highest BCUT2D eigenvalue weighted by Crippen LogP contribution is 2.65. The molecule has 31 heavy (non-hydrogen) atoms. The minimum Gasteiger partial charge on any atom is -0.392 e. The molecular formula is C26H20FNO3. The number of amides is 2. The average Bonchev–Trinajstić information content (AvgIpc) is 3.05. The van der Waals surface area contributed by atoms with E-state index < -0.39 is 41.0 Å². The van der Waals surface area contributed by atoms with Gasteiger partial charge in [-0.2, -0.15) is 0 Å². The number of anilines is 1. The molecule has 3 aromatic rings. The van der Waals surface area contributed by atoms with Gasteiger partial charge in [-0.05, 0) is 41.3 Å². The van der Waals surface area contributed by atoms with Crippen molar-refractivity contribution in [3.8, 4) is 0 Å². The predicted molar refractivity (Wildman–Crippen MR) is 113 cm³/mol. The fraction of sp³-hybridized carbons (Fsp3) is 0.231. The molecule has 1 aliphatic heterocycles. The van der Waals surface area contributed by atoms with Crippen LogP contribution in [-0.2, 0) is 15.0 Å². The summed E-state index contributed by atoms with van der Waals surface area (Å²) >= 11 is 0. The fourth-order valence-corrected chi connectivity index (χ4v) is 6.41. The lowest BCUT2D eigenvalue weighted by Crippen LogP contribution is -2.58. The molecule has 0 unspecified atom stereocenters. The van der Waals surface area contributed by atoms with Crippen LogP contribution in [0, 0.1) is 17.7 Å². The molecule has 3 aromatic carbocycles. The molecule has 4 nitrogen and oxygen atoms in total. The molecule has 3 atom stereocenters.